The van der Waals surface area contributed by atoms with Gasteiger partial charge in [0.2, 0.25) is 5.95 Å². The van der Waals surface area contributed by atoms with Gasteiger partial charge < -0.3 is 20.7 Å². The quantitative estimate of drug-likeness (QED) is 0.472. The molecule has 0 saturated carbocycles. The number of morpholine rings is 1. The molecule has 5 rings (SSSR count). The van der Waals surface area contributed by atoms with E-state index in [1.807, 2.05) is 31.2 Å². The summed E-state index contributed by atoms with van der Waals surface area (Å²) in [5.74, 6) is 0.482. The summed E-state index contributed by atoms with van der Waals surface area (Å²) in [6.07, 6.45) is 1.67. The number of nitrogen functional groups attached to an aromatic ring is 1. The van der Waals surface area contributed by atoms with Crippen LogP contribution in [0.3, 0.4) is 0 Å². The van der Waals surface area contributed by atoms with E-state index in [1.54, 1.807) is 23.2 Å². The standard InChI is InChI=1S/C23H22ClN7O2/c1-13(27-21-19-16(6-3-7-26-19)29-23(25)30-21)17-12-14-4-2-5-15(24)18(14)20(28-17)22(32)31-8-10-33-11-9-31/h2-7,12-13H,8-11H2,1H3,(H3,25,27,29,30). The fourth-order valence-corrected chi connectivity index (χ4v) is 4.22. The molecule has 1 atom stereocenters. The minimum Gasteiger partial charge on any atom is -0.378 e. The van der Waals surface area contributed by atoms with E-state index in [0.29, 0.717) is 65.0 Å². The molecule has 4 heterocycles. The number of nitrogens with zero attached hydrogens (tertiary/aromatic N) is 5. The Hall–Kier alpha value is -3.56. The van der Waals surface area contributed by atoms with Crippen LogP contribution in [0.2, 0.25) is 5.02 Å². The van der Waals surface area contributed by atoms with Crippen molar-refractivity contribution in [2.45, 2.75) is 13.0 Å². The lowest BCUT2D eigenvalue weighted by Crippen LogP contribution is -2.41. The van der Waals surface area contributed by atoms with Crippen molar-refractivity contribution >= 4 is 51.1 Å². The SMILES string of the molecule is CC(Nc1nc(N)nc2cccnc12)c1cc2cccc(Cl)c2c(C(=O)N2CCOCC2)n1. The van der Waals surface area contributed by atoms with E-state index in [4.69, 9.17) is 27.1 Å². The molecule has 9 nitrogen and oxygen atoms in total. The van der Waals surface area contributed by atoms with E-state index < -0.39 is 0 Å². The van der Waals surface area contributed by atoms with Crippen LogP contribution in [0.25, 0.3) is 21.8 Å². The highest BCUT2D eigenvalue weighted by Gasteiger charge is 2.25. The summed E-state index contributed by atoms with van der Waals surface area (Å²) in [4.78, 5) is 32.9. The number of amides is 1. The molecular formula is C23H22ClN7O2. The average Bonchev–Trinajstić information content (AvgIpc) is 2.83. The van der Waals surface area contributed by atoms with Crippen molar-refractivity contribution in [2.24, 2.45) is 0 Å². The Morgan fingerprint density at radius 2 is 2.00 bits per heavy atom. The van der Waals surface area contributed by atoms with Crippen molar-refractivity contribution in [3.05, 3.63) is 59.0 Å². The maximum Gasteiger partial charge on any atom is 0.273 e. The number of fused-ring (bicyclic) bond motifs is 2. The van der Waals surface area contributed by atoms with E-state index in [-0.39, 0.29) is 17.9 Å². The maximum atomic E-state index is 13.4. The van der Waals surface area contributed by atoms with Crippen LogP contribution in [-0.4, -0.2) is 57.0 Å². The number of carbonyl (C=O) groups is 1. The molecule has 1 amide bonds. The number of hydrogen-bond acceptors (Lipinski definition) is 8. The molecule has 4 aromatic rings. The zero-order chi connectivity index (χ0) is 22.9. The third-order valence-corrected chi connectivity index (χ3v) is 5.91. The second-order valence-corrected chi connectivity index (χ2v) is 8.21. The summed E-state index contributed by atoms with van der Waals surface area (Å²) in [7, 11) is 0. The summed E-state index contributed by atoms with van der Waals surface area (Å²) < 4.78 is 5.39. The molecule has 0 bridgehead atoms. The number of benzene rings is 1. The Bertz CT molecular complexity index is 1360. The van der Waals surface area contributed by atoms with Crippen molar-refractivity contribution in [2.75, 3.05) is 37.4 Å². The van der Waals surface area contributed by atoms with Crippen molar-refractivity contribution in [1.82, 2.24) is 24.8 Å². The number of ether oxygens (including phenoxy) is 1. The van der Waals surface area contributed by atoms with Crippen molar-refractivity contribution in [1.29, 1.82) is 0 Å². The first kappa shape index (κ1) is 21.3. The van der Waals surface area contributed by atoms with Crippen LogP contribution >= 0.6 is 11.6 Å². The van der Waals surface area contributed by atoms with Gasteiger partial charge >= 0.3 is 0 Å². The lowest BCUT2D eigenvalue weighted by atomic mass is 10.0. The molecule has 1 aromatic carbocycles. The predicted molar refractivity (Wildman–Crippen MR) is 127 cm³/mol. The van der Waals surface area contributed by atoms with Crippen LogP contribution in [0.4, 0.5) is 11.8 Å². The Kier molecular flexibility index (Phi) is 5.65. The number of nitrogens with two attached hydrogens (primary N) is 1. The summed E-state index contributed by atoms with van der Waals surface area (Å²) in [5.41, 5.74) is 8.14. The lowest BCUT2D eigenvalue weighted by Gasteiger charge is -2.27. The molecule has 3 aromatic heterocycles. The molecule has 168 valence electrons. The minimum atomic E-state index is -0.302. The normalized spacial score (nSPS) is 15.0. The fourth-order valence-electron chi connectivity index (χ4n) is 3.95. The fraction of sp³-hybridized carbons (Fsp3) is 0.261. The first-order valence-corrected chi connectivity index (χ1v) is 11.0. The number of hydrogen-bond donors (Lipinski definition) is 2. The van der Waals surface area contributed by atoms with Gasteiger partial charge in [-0.3, -0.25) is 9.78 Å². The van der Waals surface area contributed by atoms with Gasteiger partial charge in [0.1, 0.15) is 11.2 Å². The Balaban J connectivity index is 1.57. The van der Waals surface area contributed by atoms with E-state index in [1.165, 1.54) is 0 Å². The average molecular weight is 464 g/mol. The van der Waals surface area contributed by atoms with Gasteiger partial charge in [-0.05, 0) is 36.6 Å². The van der Waals surface area contributed by atoms with Crippen LogP contribution in [0.1, 0.15) is 29.1 Å². The smallest absolute Gasteiger partial charge is 0.273 e. The van der Waals surface area contributed by atoms with Crippen molar-refractivity contribution < 1.29 is 9.53 Å². The summed E-state index contributed by atoms with van der Waals surface area (Å²) in [6.45, 7) is 3.98. The molecule has 10 heteroatoms. The topological polar surface area (TPSA) is 119 Å². The molecule has 1 unspecified atom stereocenters. The highest BCUT2D eigenvalue weighted by Crippen LogP contribution is 2.31. The predicted octanol–water partition coefficient (Wildman–Crippen LogP) is 3.45. The van der Waals surface area contributed by atoms with Gasteiger partial charge in [-0.1, -0.05) is 23.7 Å². The first-order valence-electron chi connectivity index (χ1n) is 10.6. The highest BCUT2D eigenvalue weighted by molar-refractivity contribution is 6.36. The Morgan fingerprint density at radius 3 is 2.82 bits per heavy atom. The second-order valence-electron chi connectivity index (χ2n) is 7.81. The molecule has 3 N–H and O–H groups in total. The summed E-state index contributed by atoms with van der Waals surface area (Å²) in [5, 5.41) is 5.30. The van der Waals surface area contributed by atoms with E-state index in [2.05, 4.69) is 20.3 Å². The van der Waals surface area contributed by atoms with E-state index in [9.17, 15) is 4.79 Å². The number of aromatic nitrogens is 4. The van der Waals surface area contributed by atoms with Crippen molar-refractivity contribution in [3.63, 3.8) is 0 Å². The maximum absolute atomic E-state index is 13.4. The van der Waals surface area contributed by atoms with Gasteiger partial charge in [0.15, 0.2) is 5.82 Å². The first-order chi connectivity index (χ1) is 16.0. The van der Waals surface area contributed by atoms with E-state index in [0.717, 1.165) is 5.39 Å². The highest BCUT2D eigenvalue weighted by atomic mass is 35.5. The third kappa shape index (κ3) is 4.12. The number of anilines is 2. The van der Waals surface area contributed by atoms with Gasteiger partial charge in [-0.2, -0.15) is 4.98 Å². The van der Waals surface area contributed by atoms with Crippen molar-refractivity contribution in [3.8, 4) is 0 Å². The summed E-state index contributed by atoms with van der Waals surface area (Å²) >= 11 is 6.50. The number of nitrogens with one attached hydrogen (secondary N) is 1. The lowest BCUT2D eigenvalue weighted by molar-refractivity contribution is 0.0300. The molecule has 0 spiro atoms. The molecule has 1 saturated heterocycles. The second kappa shape index (κ2) is 8.76. The molecule has 1 fully saturated rings. The number of halogens is 1. The zero-order valence-electron chi connectivity index (χ0n) is 18.0. The van der Waals surface area contributed by atoms with Crippen LogP contribution in [-0.2, 0) is 4.74 Å². The third-order valence-electron chi connectivity index (χ3n) is 5.60. The monoisotopic (exact) mass is 463 g/mol. The minimum absolute atomic E-state index is 0.145. The molecule has 1 aliphatic rings. The van der Waals surface area contributed by atoms with Gasteiger partial charge in [-0.15, -0.1) is 0 Å². The van der Waals surface area contributed by atoms with E-state index >= 15 is 0 Å². The Morgan fingerprint density at radius 1 is 1.18 bits per heavy atom. The number of pyridine rings is 2. The van der Waals surface area contributed by atoms with Crippen LogP contribution < -0.4 is 11.1 Å². The molecular weight excluding hydrogens is 442 g/mol. The van der Waals surface area contributed by atoms with Gasteiger partial charge in [0, 0.05) is 24.7 Å². The van der Waals surface area contributed by atoms with Gasteiger partial charge in [0.25, 0.3) is 5.91 Å². The van der Waals surface area contributed by atoms with Crippen LogP contribution in [0.15, 0.2) is 42.6 Å². The van der Waals surface area contributed by atoms with Crippen LogP contribution in [0, 0.1) is 0 Å². The molecule has 0 radical (unpaired) electrons. The largest absolute Gasteiger partial charge is 0.378 e. The van der Waals surface area contributed by atoms with Gasteiger partial charge in [0.05, 0.1) is 35.5 Å². The van der Waals surface area contributed by atoms with Gasteiger partial charge in [-0.25, -0.2) is 9.97 Å². The molecule has 0 aliphatic carbocycles. The zero-order valence-corrected chi connectivity index (χ0v) is 18.7. The number of rotatable bonds is 4. The number of carbonyl (C=O) groups excluding carboxylic acids is 1. The summed E-state index contributed by atoms with van der Waals surface area (Å²) in [6, 6.07) is 10.8. The van der Waals surface area contributed by atoms with Crippen LogP contribution in [0.5, 0.6) is 0 Å². The molecule has 1 aliphatic heterocycles. The Labute approximate surface area is 195 Å². The molecule has 33 heavy (non-hydrogen) atoms.